The Morgan fingerprint density at radius 3 is 2.46 bits per heavy atom. The van der Waals surface area contributed by atoms with E-state index in [9.17, 15) is 14.4 Å². The number of nitrogens with two attached hydrogens (primary N) is 1. The summed E-state index contributed by atoms with van der Waals surface area (Å²) in [5.74, 6) is -0.439. The van der Waals surface area contributed by atoms with Crippen LogP contribution in [0.1, 0.15) is 63.4 Å². The van der Waals surface area contributed by atoms with E-state index in [0.29, 0.717) is 19.4 Å². The number of primary amides is 1. The molecule has 3 amide bonds. The molecule has 1 atom stereocenters. The average Bonchev–Trinajstić information content (AvgIpc) is 2.68. The number of hydrogen-bond acceptors (Lipinski definition) is 3. The number of carbonyl (C=O) groups is 3. The number of amides is 3. The molecular formula is C22H33N3O3. The minimum atomic E-state index is -0.907. The molecular weight excluding hydrogens is 354 g/mol. The van der Waals surface area contributed by atoms with Crippen LogP contribution in [0.25, 0.3) is 0 Å². The highest BCUT2D eigenvalue weighted by Gasteiger charge is 2.22. The summed E-state index contributed by atoms with van der Waals surface area (Å²) >= 11 is 0. The third-order valence-corrected chi connectivity index (χ3v) is 5.35. The van der Waals surface area contributed by atoms with Gasteiger partial charge in [0.05, 0.1) is 6.42 Å². The molecule has 154 valence electrons. The number of hydrogen-bond donors (Lipinski definition) is 3. The summed E-state index contributed by atoms with van der Waals surface area (Å²) in [4.78, 5) is 35.9. The summed E-state index contributed by atoms with van der Waals surface area (Å²) in [5.41, 5.74) is 6.37. The highest BCUT2D eigenvalue weighted by atomic mass is 16.2. The number of benzene rings is 1. The van der Waals surface area contributed by atoms with Crippen molar-refractivity contribution in [3.63, 3.8) is 0 Å². The maximum atomic E-state index is 12.4. The van der Waals surface area contributed by atoms with E-state index in [1.54, 1.807) is 0 Å². The molecule has 6 nitrogen and oxygen atoms in total. The van der Waals surface area contributed by atoms with Crippen molar-refractivity contribution in [3.8, 4) is 0 Å². The molecule has 1 aliphatic rings. The first kappa shape index (κ1) is 21.9. The fraction of sp³-hybridized carbons (Fsp3) is 0.591. The minimum Gasteiger partial charge on any atom is -0.370 e. The first-order chi connectivity index (χ1) is 13.5. The molecule has 6 heteroatoms. The van der Waals surface area contributed by atoms with Gasteiger partial charge < -0.3 is 16.4 Å². The van der Waals surface area contributed by atoms with Crippen LogP contribution in [0.3, 0.4) is 0 Å². The second-order valence-corrected chi connectivity index (χ2v) is 7.71. The van der Waals surface area contributed by atoms with E-state index in [1.807, 2.05) is 30.3 Å². The third kappa shape index (κ3) is 8.55. The Kier molecular flexibility index (Phi) is 9.52. The Morgan fingerprint density at radius 1 is 1.07 bits per heavy atom. The molecule has 0 heterocycles. The van der Waals surface area contributed by atoms with Crippen molar-refractivity contribution in [3.05, 3.63) is 35.9 Å². The zero-order valence-electron chi connectivity index (χ0n) is 16.6. The molecule has 0 aliphatic heterocycles. The fourth-order valence-electron chi connectivity index (χ4n) is 3.80. The summed E-state index contributed by atoms with van der Waals surface area (Å²) in [6.45, 7) is 0.440. The van der Waals surface area contributed by atoms with Crippen LogP contribution in [0.4, 0.5) is 0 Å². The van der Waals surface area contributed by atoms with Crippen LogP contribution in [0.15, 0.2) is 30.3 Å². The average molecular weight is 388 g/mol. The molecule has 0 spiro atoms. The summed E-state index contributed by atoms with van der Waals surface area (Å²) in [6.07, 6.45) is 9.17. The number of carbonyl (C=O) groups excluding carboxylic acids is 3. The zero-order valence-corrected chi connectivity index (χ0v) is 16.6. The van der Waals surface area contributed by atoms with E-state index in [0.717, 1.165) is 24.3 Å². The molecule has 0 aromatic heterocycles. The predicted molar refractivity (Wildman–Crippen MR) is 109 cm³/mol. The van der Waals surface area contributed by atoms with E-state index in [1.165, 1.54) is 32.1 Å². The first-order valence-electron chi connectivity index (χ1n) is 10.4. The molecule has 4 N–H and O–H groups in total. The van der Waals surface area contributed by atoms with Gasteiger partial charge in [-0.15, -0.1) is 0 Å². The largest absolute Gasteiger partial charge is 0.370 e. The zero-order chi connectivity index (χ0) is 20.2. The van der Waals surface area contributed by atoms with Crippen LogP contribution in [-0.4, -0.2) is 30.3 Å². The Morgan fingerprint density at radius 2 is 1.79 bits per heavy atom. The van der Waals surface area contributed by atoms with Crippen LogP contribution in [-0.2, 0) is 20.8 Å². The van der Waals surface area contributed by atoms with Gasteiger partial charge in [-0.3, -0.25) is 14.4 Å². The van der Waals surface area contributed by atoms with Gasteiger partial charge in [0.15, 0.2) is 0 Å². The van der Waals surface area contributed by atoms with Gasteiger partial charge in [0.2, 0.25) is 17.7 Å². The van der Waals surface area contributed by atoms with Gasteiger partial charge >= 0.3 is 0 Å². The SMILES string of the molecule is NC(=O)C[C@@H](NC(=O)CCCC1CCCCC1)C(=O)NCCc1ccccc1. The molecule has 1 aromatic rings. The third-order valence-electron chi connectivity index (χ3n) is 5.35. The molecule has 1 aromatic carbocycles. The number of rotatable bonds is 11. The first-order valence-corrected chi connectivity index (χ1v) is 10.4. The Balaban J connectivity index is 1.72. The monoisotopic (exact) mass is 387 g/mol. The smallest absolute Gasteiger partial charge is 0.243 e. The molecule has 0 saturated heterocycles. The van der Waals surface area contributed by atoms with Crippen LogP contribution in [0, 0.1) is 5.92 Å². The van der Waals surface area contributed by atoms with Crippen molar-refractivity contribution < 1.29 is 14.4 Å². The standard InChI is InChI=1S/C22H33N3O3/c23-20(26)16-19(22(28)24-15-14-18-10-5-2-6-11-18)25-21(27)13-7-12-17-8-3-1-4-9-17/h2,5-6,10-11,17,19H,1,3-4,7-9,12-16H2,(H2,23,26)(H,24,28)(H,25,27)/t19-/m1/s1. The minimum absolute atomic E-state index is 0.189. The maximum absolute atomic E-state index is 12.4. The lowest BCUT2D eigenvalue weighted by Crippen LogP contribution is -2.49. The molecule has 0 radical (unpaired) electrons. The normalized spacial score (nSPS) is 15.6. The molecule has 2 rings (SSSR count). The van der Waals surface area contributed by atoms with Gasteiger partial charge in [0.25, 0.3) is 0 Å². The summed E-state index contributed by atoms with van der Waals surface area (Å²) < 4.78 is 0. The highest BCUT2D eigenvalue weighted by Crippen LogP contribution is 2.27. The quantitative estimate of drug-likeness (QED) is 0.543. The Bertz CT molecular complexity index is 627. The van der Waals surface area contributed by atoms with Gasteiger partial charge in [-0.1, -0.05) is 62.4 Å². The van der Waals surface area contributed by atoms with Gasteiger partial charge in [-0.25, -0.2) is 0 Å². The van der Waals surface area contributed by atoms with E-state index < -0.39 is 11.9 Å². The molecule has 1 aliphatic carbocycles. The van der Waals surface area contributed by atoms with Crippen molar-refractivity contribution >= 4 is 17.7 Å². The lowest BCUT2D eigenvalue weighted by Gasteiger charge is -2.21. The van der Waals surface area contributed by atoms with Crippen LogP contribution >= 0.6 is 0 Å². The lowest BCUT2D eigenvalue weighted by molar-refractivity contribution is -0.131. The molecule has 0 bridgehead atoms. The van der Waals surface area contributed by atoms with E-state index in [4.69, 9.17) is 5.73 Å². The molecule has 1 fully saturated rings. The van der Waals surface area contributed by atoms with Gasteiger partial charge in [0, 0.05) is 13.0 Å². The van der Waals surface area contributed by atoms with E-state index >= 15 is 0 Å². The van der Waals surface area contributed by atoms with Crippen LogP contribution < -0.4 is 16.4 Å². The highest BCUT2D eigenvalue weighted by molar-refractivity contribution is 5.91. The lowest BCUT2D eigenvalue weighted by atomic mass is 9.86. The van der Waals surface area contributed by atoms with Crippen molar-refractivity contribution in [1.29, 1.82) is 0 Å². The summed E-state index contributed by atoms with van der Waals surface area (Å²) in [6, 6.07) is 8.90. The maximum Gasteiger partial charge on any atom is 0.243 e. The van der Waals surface area contributed by atoms with Crippen molar-refractivity contribution in [2.45, 2.75) is 70.3 Å². The second-order valence-electron chi connectivity index (χ2n) is 7.71. The Labute approximate surface area is 167 Å². The van der Waals surface area contributed by atoms with Crippen molar-refractivity contribution in [2.75, 3.05) is 6.54 Å². The molecule has 1 saturated carbocycles. The summed E-state index contributed by atoms with van der Waals surface area (Å²) in [5, 5.41) is 5.47. The molecule has 0 unspecified atom stereocenters. The van der Waals surface area contributed by atoms with Crippen molar-refractivity contribution in [2.24, 2.45) is 11.7 Å². The van der Waals surface area contributed by atoms with Gasteiger partial charge in [-0.2, -0.15) is 0 Å². The predicted octanol–water partition coefficient (Wildman–Crippen LogP) is 2.46. The summed E-state index contributed by atoms with van der Waals surface area (Å²) in [7, 11) is 0. The number of nitrogens with one attached hydrogen (secondary N) is 2. The fourth-order valence-corrected chi connectivity index (χ4v) is 3.80. The van der Waals surface area contributed by atoms with Crippen molar-refractivity contribution in [1.82, 2.24) is 10.6 Å². The molecule has 28 heavy (non-hydrogen) atoms. The van der Waals surface area contributed by atoms with Gasteiger partial charge in [-0.05, 0) is 30.7 Å². The van der Waals surface area contributed by atoms with Crippen LogP contribution in [0.5, 0.6) is 0 Å². The topological polar surface area (TPSA) is 101 Å². The van der Waals surface area contributed by atoms with Crippen LogP contribution in [0.2, 0.25) is 0 Å². The second kappa shape index (κ2) is 12.2. The Hall–Kier alpha value is -2.37. The van der Waals surface area contributed by atoms with E-state index in [2.05, 4.69) is 10.6 Å². The van der Waals surface area contributed by atoms with Gasteiger partial charge in [0.1, 0.15) is 6.04 Å². The van der Waals surface area contributed by atoms with E-state index in [-0.39, 0.29) is 18.2 Å².